The predicted molar refractivity (Wildman–Crippen MR) is 130 cm³/mol. The van der Waals surface area contributed by atoms with Crippen LogP contribution in [-0.4, -0.2) is 61.8 Å². The van der Waals surface area contributed by atoms with Crippen molar-refractivity contribution in [2.24, 2.45) is 0 Å². The number of fused-ring (bicyclic) bond motifs is 1. The topological polar surface area (TPSA) is 94.5 Å². The quantitative estimate of drug-likeness (QED) is 0.251. The number of rotatable bonds is 9. The molecule has 2 aromatic rings. The van der Waals surface area contributed by atoms with Gasteiger partial charge in [0.1, 0.15) is 17.6 Å². The summed E-state index contributed by atoms with van der Waals surface area (Å²) < 4.78 is 22.0. The molecule has 1 amide bonds. The monoisotopic (exact) mass is 481 g/mol. The zero-order chi connectivity index (χ0) is 25.1. The molecule has 2 heterocycles. The summed E-state index contributed by atoms with van der Waals surface area (Å²) in [5.41, 5.74) is 2.11. The lowest BCUT2D eigenvalue weighted by Crippen LogP contribution is -2.31. The number of likely N-dealkylation sites (tertiary alicyclic amines) is 1. The van der Waals surface area contributed by atoms with Crippen molar-refractivity contribution in [1.29, 1.82) is 0 Å². The van der Waals surface area contributed by atoms with E-state index in [1.165, 1.54) is 12.0 Å². The van der Waals surface area contributed by atoms with Gasteiger partial charge in [0.15, 0.2) is 11.5 Å². The first kappa shape index (κ1) is 24.6. The molecule has 0 saturated carbocycles. The van der Waals surface area contributed by atoms with E-state index in [9.17, 15) is 14.7 Å². The van der Waals surface area contributed by atoms with E-state index in [4.69, 9.17) is 18.9 Å². The second-order valence-corrected chi connectivity index (χ2v) is 8.64. The molecule has 8 heteroatoms. The van der Waals surface area contributed by atoms with Gasteiger partial charge >= 0.3 is 0 Å². The van der Waals surface area contributed by atoms with E-state index in [1.54, 1.807) is 37.4 Å². The van der Waals surface area contributed by atoms with E-state index in [0.29, 0.717) is 55.2 Å². The predicted octanol–water partition coefficient (Wildman–Crippen LogP) is 3.88. The van der Waals surface area contributed by atoms with Crippen LogP contribution in [0.15, 0.2) is 42.0 Å². The molecule has 2 aliphatic heterocycles. The molecule has 2 atom stereocenters. The third kappa shape index (κ3) is 4.71. The Labute approximate surface area is 205 Å². The summed E-state index contributed by atoms with van der Waals surface area (Å²) in [6.07, 6.45) is 1.30. The van der Waals surface area contributed by atoms with Crippen molar-refractivity contribution in [3.63, 3.8) is 0 Å². The van der Waals surface area contributed by atoms with Gasteiger partial charge in [-0.2, -0.15) is 0 Å². The number of Topliss-reactive ketones (excluding diaryl/α,β-unsaturated/α-hetero) is 1. The van der Waals surface area contributed by atoms with Crippen LogP contribution in [-0.2, 0) is 20.7 Å². The number of ether oxygens (including phenoxy) is 4. The maximum atomic E-state index is 13.2. The Morgan fingerprint density at radius 1 is 1.14 bits per heavy atom. The third-order valence-corrected chi connectivity index (χ3v) is 6.26. The average molecular weight is 482 g/mol. The highest BCUT2D eigenvalue weighted by Crippen LogP contribution is 2.42. The normalized spacial score (nSPS) is 20.6. The number of carbonyl (C=O) groups is 2. The van der Waals surface area contributed by atoms with E-state index in [0.717, 1.165) is 11.3 Å². The van der Waals surface area contributed by atoms with Crippen molar-refractivity contribution >= 4 is 17.4 Å². The van der Waals surface area contributed by atoms with Crippen LogP contribution in [0.5, 0.6) is 17.2 Å². The molecule has 1 saturated heterocycles. The highest BCUT2D eigenvalue weighted by molar-refractivity contribution is 6.46. The number of ketones is 1. The zero-order valence-electron chi connectivity index (χ0n) is 20.5. The van der Waals surface area contributed by atoms with Gasteiger partial charge < -0.3 is 29.0 Å². The molecule has 8 nitrogen and oxygen atoms in total. The molecule has 35 heavy (non-hydrogen) atoms. The number of hydrogen-bond acceptors (Lipinski definition) is 7. The minimum atomic E-state index is -0.778. The lowest BCUT2D eigenvalue weighted by molar-refractivity contribution is -0.140. The Hall–Kier alpha value is -3.52. The molecule has 2 unspecified atom stereocenters. The van der Waals surface area contributed by atoms with Gasteiger partial charge in [-0.05, 0) is 61.7 Å². The van der Waals surface area contributed by atoms with Crippen LogP contribution < -0.4 is 14.2 Å². The fraction of sp³-hybridized carbons (Fsp3) is 0.407. The van der Waals surface area contributed by atoms with E-state index in [-0.39, 0.29) is 17.4 Å². The Balaban J connectivity index is 1.82. The fourth-order valence-corrected chi connectivity index (χ4v) is 4.69. The van der Waals surface area contributed by atoms with E-state index < -0.39 is 17.7 Å². The van der Waals surface area contributed by atoms with Crippen LogP contribution in [0, 0.1) is 0 Å². The number of carbonyl (C=O) groups excluding carboxylic acids is 2. The molecule has 1 fully saturated rings. The Bertz CT molecular complexity index is 1160. The van der Waals surface area contributed by atoms with Crippen LogP contribution in [0.1, 0.15) is 43.0 Å². The smallest absolute Gasteiger partial charge is 0.295 e. The zero-order valence-corrected chi connectivity index (χ0v) is 20.5. The Morgan fingerprint density at radius 2 is 1.94 bits per heavy atom. The van der Waals surface area contributed by atoms with Crippen molar-refractivity contribution in [1.82, 2.24) is 4.90 Å². The van der Waals surface area contributed by atoms with Crippen molar-refractivity contribution in [2.75, 3.05) is 34.0 Å². The Morgan fingerprint density at radius 3 is 2.66 bits per heavy atom. The third-order valence-electron chi connectivity index (χ3n) is 6.26. The molecule has 0 radical (unpaired) electrons. The number of hydrogen-bond donors (Lipinski definition) is 1. The molecule has 4 rings (SSSR count). The summed E-state index contributed by atoms with van der Waals surface area (Å²) in [5.74, 6) is 0.222. The van der Waals surface area contributed by atoms with Gasteiger partial charge in [0.25, 0.3) is 11.7 Å². The van der Waals surface area contributed by atoms with E-state index >= 15 is 0 Å². The van der Waals surface area contributed by atoms with Gasteiger partial charge in [-0.1, -0.05) is 6.07 Å². The largest absolute Gasteiger partial charge is 0.507 e. The maximum Gasteiger partial charge on any atom is 0.295 e. The molecule has 0 aliphatic carbocycles. The number of amides is 1. The summed E-state index contributed by atoms with van der Waals surface area (Å²) in [6.45, 7) is 5.05. The number of nitrogens with zero attached hydrogens (tertiary/aromatic N) is 1. The number of aliphatic hydroxyl groups excluding tert-OH is 1. The van der Waals surface area contributed by atoms with Gasteiger partial charge in [0.05, 0.1) is 25.3 Å². The first-order valence-corrected chi connectivity index (χ1v) is 11.8. The van der Waals surface area contributed by atoms with E-state index in [1.807, 2.05) is 19.9 Å². The molecule has 0 aromatic heterocycles. The highest BCUT2D eigenvalue weighted by atomic mass is 16.5. The first-order chi connectivity index (χ1) is 16.9. The van der Waals surface area contributed by atoms with Gasteiger partial charge in [-0.15, -0.1) is 0 Å². The minimum absolute atomic E-state index is 0.0464. The number of benzene rings is 2. The molecule has 1 N–H and O–H groups in total. The Kier molecular flexibility index (Phi) is 7.31. The first-order valence-electron chi connectivity index (χ1n) is 11.8. The van der Waals surface area contributed by atoms with Crippen molar-refractivity contribution in [3.8, 4) is 17.2 Å². The second-order valence-electron chi connectivity index (χ2n) is 8.64. The minimum Gasteiger partial charge on any atom is -0.507 e. The fourth-order valence-electron chi connectivity index (χ4n) is 4.69. The SMILES string of the molecule is CCOc1ccc(C2/C(=C(/O)c3ccc4c(c3)CC(C)O4)C(=O)C(=O)N2CCCOC)cc1OC. The van der Waals surface area contributed by atoms with Gasteiger partial charge in [0, 0.05) is 32.2 Å². The highest BCUT2D eigenvalue weighted by Gasteiger charge is 2.46. The van der Waals surface area contributed by atoms with Crippen molar-refractivity contribution in [3.05, 3.63) is 58.7 Å². The van der Waals surface area contributed by atoms with Gasteiger partial charge in [-0.3, -0.25) is 9.59 Å². The van der Waals surface area contributed by atoms with Crippen molar-refractivity contribution in [2.45, 2.75) is 38.8 Å². The van der Waals surface area contributed by atoms with Crippen LogP contribution in [0.25, 0.3) is 5.76 Å². The molecule has 0 spiro atoms. The summed E-state index contributed by atoms with van der Waals surface area (Å²) in [4.78, 5) is 27.8. The summed E-state index contributed by atoms with van der Waals surface area (Å²) in [7, 11) is 3.12. The molecular formula is C27H31NO7. The summed E-state index contributed by atoms with van der Waals surface area (Å²) in [6, 6.07) is 9.83. The lowest BCUT2D eigenvalue weighted by Gasteiger charge is -2.26. The number of aliphatic hydroxyl groups is 1. The van der Waals surface area contributed by atoms with Crippen LogP contribution >= 0.6 is 0 Å². The standard InChI is InChI=1S/C27H31NO7/c1-5-34-21-10-7-17(15-22(21)33-4)24-23(26(30)27(31)28(24)11-6-12-32-3)25(29)18-8-9-20-19(14-18)13-16(2)35-20/h7-10,14-16,24,29H,5-6,11-13H2,1-4H3/b25-23-. The summed E-state index contributed by atoms with van der Waals surface area (Å²) >= 11 is 0. The molecular weight excluding hydrogens is 450 g/mol. The van der Waals surface area contributed by atoms with Crippen LogP contribution in [0.3, 0.4) is 0 Å². The molecule has 186 valence electrons. The second kappa shape index (κ2) is 10.4. The van der Waals surface area contributed by atoms with E-state index in [2.05, 4.69) is 0 Å². The molecule has 0 bridgehead atoms. The van der Waals surface area contributed by atoms with Crippen LogP contribution in [0.2, 0.25) is 0 Å². The van der Waals surface area contributed by atoms with Crippen LogP contribution in [0.4, 0.5) is 0 Å². The lowest BCUT2D eigenvalue weighted by atomic mass is 9.94. The summed E-state index contributed by atoms with van der Waals surface area (Å²) in [5, 5.41) is 11.4. The average Bonchev–Trinajstić information content (AvgIpc) is 3.35. The maximum absolute atomic E-state index is 13.2. The van der Waals surface area contributed by atoms with Gasteiger partial charge in [-0.25, -0.2) is 0 Å². The van der Waals surface area contributed by atoms with Crippen molar-refractivity contribution < 1.29 is 33.6 Å². The molecule has 2 aliphatic rings. The van der Waals surface area contributed by atoms with Gasteiger partial charge in [0.2, 0.25) is 0 Å². The molecule has 2 aromatic carbocycles. The number of methoxy groups -OCH3 is 2.